The van der Waals surface area contributed by atoms with E-state index in [2.05, 4.69) is 26.1 Å². The molecular weight excluding hydrogens is 206 g/mol. The number of amides is 1. The zero-order chi connectivity index (χ0) is 12.2. The van der Waals surface area contributed by atoms with Gasteiger partial charge >= 0.3 is 0 Å². The predicted octanol–water partition coefficient (Wildman–Crippen LogP) is 1.08. The highest BCUT2D eigenvalue weighted by Crippen LogP contribution is 2.22. The van der Waals surface area contributed by atoms with Crippen LogP contribution >= 0.6 is 0 Å². The molecule has 0 aliphatic carbocycles. The summed E-state index contributed by atoms with van der Waals surface area (Å²) in [6.45, 7) is 6.95. The summed E-state index contributed by atoms with van der Waals surface area (Å²) >= 11 is 0. The molecule has 1 saturated heterocycles. The van der Waals surface area contributed by atoms with E-state index in [-0.39, 0.29) is 30.1 Å². The van der Waals surface area contributed by atoms with Crippen LogP contribution in [0, 0.1) is 5.41 Å². The van der Waals surface area contributed by atoms with Gasteiger partial charge in [0.2, 0.25) is 5.91 Å². The van der Waals surface area contributed by atoms with E-state index < -0.39 is 0 Å². The molecule has 0 bridgehead atoms. The quantitative estimate of drug-likeness (QED) is 0.758. The summed E-state index contributed by atoms with van der Waals surface area (Å²) < 4.78 is 5.33. The van der Waals surface area contributed by atoms with Gasteiger partial charge in [0.25, 0.3) is 0 Å². The molecule has 4 nitrogen and oxygen atoms in total. The first-order valence-corrected chi connectivity index (χ1v) is 5.98. The molecule has 1 aliphatic heterocycles. The SMILES string of the molecule is CC(C)(C)C(CCO)NC(=O)[C@@H]1CCCO1. The third kappa shape index (κ3) is 3.76. The van der Waals surface area contributed by atoms with Crippen molar-refractivity contribution in [3.05, 3.63) is 0 Å². The highest BCUT2D eigenvalue weighted by molar-refractivity contribution is 5.81. The first kappa shape index (κ1) is 13.5. The molecule has 1 fully saturated rings. The number of hydrogen-bond acceptors (Lipinski definition) is 3. The Balaban J connectivity index is 2.50. The molecule has 1 aliphatic rings. The predicted molar refractivity (Wildman–Crippen MR) is 62.1 cm³/mol. The highest BCUT2D eigenvalue weighted by Gasteiger charge is 2.30. The fourth-order valence-electron chi connectivity index (χ4n) is 1.90. The fourth-order valence-corrected chi connectivity index (χ4v) is 1.90. The Morgan fingerprint density at radius 2 is 2.25 bits per heavy atom. The zero-order valence-electron chi connectivity index (χ0n) is 10.5. The molecule has 2 N–H and O–H groups in total. The first-order chi connectivity index (χ1) is 7.45. The molecule has 0 saturated carbocycles. The lowest BCUT2D eigenvalue weighted by Gasteiger charge is -2.31. The number of carbonyl (C=O) groups excluding carboxylic acids is 1. The second-order valence-electron chi connectivity index (χ2n) is 5.44. The molecule has 2 atom stereocenters. The van der Waals surface area contributed by atoms with Gasteiger partial charge in [-0.1, -0.05) is 20.8 Å². The number of aliphatic hydroxyl groups excluding tert-OH is 1. The Bertz CT molecular complexity index is 229. The summed E-state index contributed by atoms with van der Waals surface area (Å²) in [5.41, 5.74) is -0.0446. The molecule has 0 spiro atoms. The van der Waals surface area contributed by atoms with Crippen molar-refractivity contribution in [1.82, 2.24) is 5.32 Å². The summed E-state index contributed by atoms with van der Waals surface area (Å²) in [5.74, 6) is -0.0362. The van der Waals surface area contributed by atoms with Gasteiger partial charge in [0.15, 0.2) is 0 Å². The maximum Gasteiger partial charge on any atom is 0.249 e. The Morgan fingerprint density at radius 1 is 1.56 bits per heavy atom. The first-order valence-electron chi connectivity index (χ1n) is 5.98. The normalized spacial score (nSPS) is 23.1. The van der Waals surface area contributed by atoms with Crippen molar-refractivity contribution in [3.8, 4) is 0 Å². The number of aliphatic hydroxyl groups is 1. The summed E-state index contributed by atoms with van der Waals surface area (Å²) in [7, 11) is 0. The Hall–Kier alpha value is -0.610. The third-order valence-corrected chi connectivity index (χ3v) is 3.00. The molecule has 4 heteroatoms. The van der Waals surface area contributed by atoms with E-state index in [0.29, 0.717) is 13.0 Å². The van der Waals surface area contributed by atoms with Crippen molar-refractivity contribution >= 4 is 5.91 Å². The van der Waals surface area contributed by atoms with E-state index in [9.17, 15) is 4.79 Å². The van der Waals surface area contributed by atoms with Gasteiger partial charge in [-0.25, -0.2) is 0 Å². The van der Waals surface area contributed by atoms with Crippen molar-refractivity contribution in [2.75, 3.05) is 13.2 Å². The minimum Gasteiger partial charge on any atom is -0.396 e. The zero-order valence-corrected chi connectivity index (χ0v) is 10.5. The lowest BCUT2D eigenvalue weighted by molar-refractivity contribution is -0.131. The van der Waals surface area contributed by atoms with Crippen LogP contribution in [0.15, 0.2) is 0 Å². The second-order valence-corrected chi connectivity index (χ2v) is 5.44. The smallest absolute Gasteiger partial charge is 0.249 e. The minimum atomic E-state index is -0.288. The van der Waals surface area contributed by atoms with E-state index in [1.807, 2.05) is 0 Å². The van der Waals surface area contributed by atoms with E-state index in [1.54, 1.807) is 0 Å². The topological polar surface area (TPSA) is 58.6 Å². The Morgan fingerprint density at radius 3 is 2.69 bits per heavy atom. The van der Waals surface area contributed by atoms with Crippen LogP contribution in [0.2, 0.25) is 0 Å². The molecule has 1 rings (SSSR count). The van der Waals surface area contributed by atoms with Crippen molar-refractivity contribution in [2.24, 2.45) is 5.41 Å². The Kier molecular flexibility index (Phi) is 4.74. The summed E-state index contributed by atoms with van der Waals surface area (Å²) in [6.07, 6.45) is 2.06. The van der Waals surface area contributed by atoms with Gasteiger partial charge in [-0.2, -0.15) is 0 Å². The van der Waals surface area contributed by atoms with Crippen LogP contribution in [-0.2, 0) is 9.53 Å². The van der Waals surface area contributed by atoms with Crippen LogP contribution in [0.25, 0.3) is 0 Å². The number of carbonyl (C=O) groups is 1. The third-order valence-electron chi connectivity index (χ3n) is 3.00. The fraction of sp³-hybridized carbons (Fsp3) is 0.917. The van der Waals surface area contributed by atoms with Crippen molar-refractivity contribution in [2.45, 2.75) is 52.2 Å². The van der Waals surface area contributed by atoms with Gasteiger partial charge in [0.1, 0.15) is 6.10 Å². The molecule has 94 valence electrons. The number of ether oxygens (including phenoxy) is 1. The van der Waals surface area contributed by atoms with Crippen molar-refractivity contribution in [1.29, 1.82) is 0 Å². The molecule has 1 unspecified atom stereocenters. The van der Waals surface area contributed by atoms with Gasteiger partial charge in [0.05, 0.1) is 0 Å². The van der Waals surface area contributed by atoms with E-state index in [1.165, 1.54) is 0 Å². The molecular formula is C12H23NO3. The van der Waals surface area contributed by atoms with Gasteiger partial charge in [-0.3, -0.25) is 4.79 Å². The van der Waals surface area contributed by atoms with Crippen LogP contribution in [0.3, 0.4) is 0 Å². The molecule has 1 amide bonds. The number of nitrogens with one attached hydrogen (secondary N) is 1. The Labute approximate surface area is 97.4 Å². The molecule has 0 aromatic carbocycles. The maximum atomic E-state index is 11.9. The van der Waals surface area contributed by atoms with Crippen LogP contribution in [0.1, 0.15) is 40.0 Å². The molecule has 0 aromatic heterocycles. The van der Waals surface area contributed by atoms with Crippen LogP contribution in [0.4, 0.5) is 0 Å². The summed E-state index contributed by atoms with van der Waals surface area (Å²) in [6, 6.07) is -0.00537. The lowest BCUT2D eigenvalue weighted by Crippen LogP contribution is -2.47. The minimum absolute atomic E-state index is 0.00537. The largest absolute Gasteiger partial charge is 0.396 e. The lowest BCUT2D eigenvalue weighted by atomic mass is 9.85. The van der Waals surface area contributed by atoms with Crippen LogP contribution < -0.4 is 5.32 Å². The maximum absolute atomic E-state index is 11.9. The van der Waals surface area contributed by atoms with Crippen molar-refractivity contribution < 1.29 is 14.6 Å². The second kappa shape index (κ2) is 5.64. The van der Waals surface area contributed by atoms with E-state index in [0.717, 1.165) is 12.8 Å². The highest BCUT2D eigenvalue weighted by atomic mass is 16.5. The van der Waals surface area contributed by atoms with E-state index in [4.69, 9.17) is 9.84 Å². The standard InChI is InChI=1S/C12H23NO3/c1-12(2,3)10(6-7-14)13-11(15)9-5-4-8-16-9/h9-10,14H,4-8H2,1-3H3,(H,13,15)/t9-,10?/m0/s1. The summed E-state index contributed by atoms with van der Waals surface area (Å²) in [5, 5.41) is 12.0. The molecule has 16 heavy (non-hydrogen) atoms. The molecule has 1 heterocycles. The van der Waals surface area contributed by atoms with Gasteiger partial charge < -0.3 is 15.2 Å². The monoisotopic (exact) mass is 229 g/mol. The van der Waals surface area contributed by atoms with E-state index >= 15 is 0 Å². The average molecular weight is 229 g/mol. The van der Waals surface area contributed by atoms with Crippen molar-refractivity contribution in [3.63, 3.8) is 0 Å². The molecule has 0 radical (unpaired) electrons. The van der Waals surface area contributed by atoms with Crippen LogP contribution in [-0.4, -0.2) is 36.4 Å². The van der Waals surface area contributed by atoms with Gasteiger partial charge in [-0.05, 0) is 24.7 Å². The number of rotatable bonds is 4. The number of hydrogen-bond donors (Lipinski definition) is 2. The molecule has 0 aromatic rings. The van der Waals surface area contributed by atoms with Gasteiger partial charge in [0, 0.05) is 19.3 Å². The summed E-state index contributed by atoms with van der Waals surface area (Å²) in [4.78, 5) is 11.9. The van der Waals surface area contributed by atoms with Crippen LogP contribution in [0.5, 0.6) is 0 Å². The van der Waals surface area contributed by atoms with Gasteiger partial charge in [-0.15, -0.1) is 0 Å². The average Bonchev–Trinajstić information content (AvgIpc) is 2.68.